The first-order valence-corrected chi connectivity index (χ1v) is 61.2. The van der Waals surface area contributed by atoms with E-state index >= 15 is 0 Å². The van der Waals surface area contributed by atoms with Crippen molar-refractivity contribution in [3.05, 3.63) is 55.7 Å². The second kappa shape index (κ2) is 18.8. The topological polar surface area (TPSA) is 0 Å². The predicted octanol–water partition coefficient (Wildman–Crippen LogP) is 12.0. The van der Waals surface area contributed by atoms with E-state index in [4.69, 9.17) is 0 Å². The van der Waals surface area contributed by atoms with Gasteiger partial charge in [0.05, 0.1) is 72.7 Å². The Kier molecular flexibility index (Phi) is 16.6. The molecule has 0 aliphatic heterocycles. The van der Waals surface area contributed by atoms with Crippen LogP contribution in [0, 0.1) is 41.5 Å². The van der Waals surface area contributed by atoms with E-state index in [2.05, 4.69) is 246 Å². The molecule has 3 aromatic carbocycles. The van der Waals surface area contributed by atoms with Crippen molar-refractivity contribution < 1.29 is 0 Å². The maximum absolute atomic E-state index is 3.46. The first kappa shape index (κ1) is 61.9. The van der Waals surface area contributed by atoms with Gasteiger partial charge < -0.3 is 0 Å². The second-order valence-electron chi connectivity index (χ2n) is 32.4. The molecule has 0 bridgehead atoms. The lowest BCUT2D eigenvalue weighted by Crippen LogP contribution is -2.93. The van der Waals surface area contributed by atoms with Gasteiger partial charge in [0, 0.05) is 5.54 Å². The van der Waals surface area contributed by atoms with Gasteiger partial charge in [0.15, 0.2) is 8.07 Å². The highest BCUT2D eigenvalue weighted by Gasteiger charge is 2.61. The number of hydrogen-bond donors (Lipinski definition) is 0. The van der Waals surface area contributed by atoms with Gasteiger partial charge in [-0.05, 0) is 129 Å². The second-order valence-corrected chi connectivity index (χ2v) is 81.1. The maximum Gasteiger partial charge on any atom is 0.158 e. The number of allylic oxidation sites excluding steroid dienone is 4. The van der Waals surface area contributed by atoms with Crippen molar-refractivity contribution in [3.63, 3.8) is 0 Å². The van der Waals surface area contributed by atoms with E-state index in [-0.39, 0.29) is 0 Å². The molecule has 0 amide bonds. The molecule has 70 heavy (non-hydrogen) atoms. The lowest BCUT2D eigenvalue weighted by molar-refractivity contribution is 1.09. The average Bonchev–Trinajstić information content (AvgIpc) is 3.29. The minimum atomic E-state index is -3.46. The summed E-state index contributed by atoms with van der Waals surface area (Å²) in [6, 6.07) is 0. The van der Waals surface area contributed by atoms with Gasteiger partial charge in [-0.15, -0.1) is 0 Å². The first-order valence-electron chi connectivity index (χ1n) is 27.6. The molecule has 4 rings (SSSR count). The summed E-state index contributed by atoms with van der Waals surface area (Å²) in [5, 5.41) is 23.0. The fraction of sp³-hybridized carbons (Fsp3) is 0.633. The summed E-state index contributed by atoms with van der Waals surface area (Å²) < 4.78 is 0. The minimum absolute atomic E-state index is 0.331. The van der Waals surface area contributed by atoms with Gasteiger partial charge in [0.2, 0.25) is 0 Å². The van der Waals surface area contributed by atoms with E-state index in [9.17, 15) is 0 Å². The number of hydrogen-bond acceptors (Lipinski definition) is 0. The van der Waals surface area contributed by atoms with Crippen LogP contribution in [-0.2, 0) is 0 Å². The van der Waals surface area contributed by atoms with Gasteiger partial charge in [-0.2, -0.15) is 0 Å². The quantitative estimate of drug-likeness (QED) is 0.118. The van der Waals surface area contributed by atoms with E-state index in [0.717, 1.165) is 0 Å². The van der Waals surface area contributed by atoms with E-state index in [1.54, 1.807) is 55.7 Å². The third-order valence-electron chi connectivity index (χ3n) is 17.2. The molecule has 0 fully saturated rings. The standard InChI is InChI=1S/C60H112Si10/c1-38-39(2)41(4)48(40(38)3)70(58-52(64(20,21)22)45(8)42(5)49(61(11,12)13)55(58)67(29,30)31,59-53(65(23,24)25)46(9)43(6)50(62(14,15)16)56(59)68(32,33)34)60-54(66(26,27)28)47(10)44(7)51(63(17,18)19)57(60)69(35,36)37/h48H,1-37H3. The summed E-state index contributed by atoms with van der Waals surface area (Å²) in [6.45, 7) is 101. The average molecular weight is 1110 g/mol. The van der Waals surface area contributed by atoms with Crippen LogP contribution in [0.4, 0.5) is 0 Å². The van der Waals surface area contributed by atoms with Crippen LogP contribution in [0.15, 0.2) is 22.3 Å². The fourth-order valence-corrected chi connectivity index (χ4v) is 57.9. The maximum atomic E-state index is 2.81. The normalized spacial score (nSPS) is 15.9. The Labute approximate surface area is 446 Å². The number of rotatable bonds is 13. The van der Waals surface area contributed by atoms with Crippen molar-refractivity contribution in [1.29, 1.82) is 0 Å². The third-order valence-corrected chi connectivity index (χ3v) is 43.8. The van der Waals surface area contributed by atoms with Crippen LogP contribution in [0.5, 0.6) is 0 Å². The Bertz CT molecular complexity index is 2400. The van der Waals surface area contributed by atoms with Crippen molar-refractivity contribution in [2.24, 2.45) is 0 Å². The van der Waals surface area contributed by atoms with E-state index in [1.807, 2.05) is 62.2 Å². The summed E-state index contributed by atoms with van der Waals surface area (Å²) in [5.41, 5.74) is 17.0. The smallest absolute Gasteiger partial charge is 0.0656 e. The van der Waals surface area contributed by atoms with Gasteiger partial charge in [0.1, 0.15) is 0 Å². The van der Waals surface area contributed by atoms with Crippen molar-refractivity contribution in [3.8, 4) is 0 Å². The zero-order valence-electron chi connectivity index (χ0n) is 53.6. The molecular weight excluding hydrogens is 1000 g/mol. The van der Waals surface area contributed by atoms with Crippen LogP contribution in [0.3, 0.4) is 0 Å². The number of benzene rings is 3. The molecule has 0 N–H and O–H groups in total. The Morgan fingerprint density at radius 3 is 0.443 bits per heavy atom. The summed E-state index contributed by atoms with van der Waals surface area (Å²) in [5.74, 6) is 0. The van der Waals surface area contributed by atoms with E-state index in [1.165, 1.54) is 0 Å². The zero-order valence-corrected chi connectivity index (χ0v) is 63.6. The Morgan fingerprint density at radius 2 is 0.314 bits per heavy atom. The fourth-order valence-electron chi connectivity index (χ4n) is 14.9. The van der Waals surface area contributed by atoms with Gasteiger partial charge in [-0.25, -0.2) is 0 Å². The molecular formula is C60H112Si10. The lowest BCUT2D eigenvalue weighted by atomic mass is 10.1. The molecule has 0 heterocycles. The highest BCUT2D eigenvalue weighted by atomic mass is 28.4. The zero-order chi connectivity index (χ0) is 55.3. The van der Waals surface area contributed by atoms with Crippen molar-refractivity contribution in [1.82, 2.24) is 0 Å². The minimum Gasteiger partial charge on any atom is -0.0656 e. The van der Waals surface area contributed by atoms with Crippen molar-refractivity contribution >= 4 is 143 Å². The van der Waals surface area contributed by atoms with Crippen LogP contribution in [0.25, 0.3) is 0 Å². The molecule has 0 saturated carbocycles. The molecule has 10 heteroatoms. The van der Waals surface area contributed by atoms with Crippen molar-refractivity contribution in [2.45, 2.75) is 252 Å². The molecule has 392 valence electrons. The van der Waals surface area contributed by atoms with Crippen LogP contribution < -0.4 is 62.2 Å². The van der Waals surface area contributed by atoms with Gasteiger partial charge in [0.25, 0.3) is 0 Å². The first-order chi connectivity index (χ1) is 30.7. The predicted molar refractivity (Wildman–Crippen MR) is 360 cm³/mol. The Hall–Kier alpha value is -0.691. The SMILES string of the molecule is CC1=C(C)C([Si](c2c([Si](C)(C)C)c(C)c(C)c([Si](C)(C)C)c2[Si](C)(C)C)(c2c([Si](C)(C)C)c(C)c(C)c([Si](C)(C)C)c2[Si](C)(C)C)c2c([Si](C)(C)C)c(C)c(C)c([Si](C)(C)C)c2[Si](C)(C)C)C(C)=C1C. The summed E-state index contributed by atoms with van der Waals surface area (Å²) >= 11 is 0. The summed E-state index contributed by atoms with van der Waals surface area (Å²) in [6.07, 6.45) is 0. The molecule has 0 aromatic heterocycles. The van der Waals surface area contributed by atoms with Crippen molar-refractivity contribution in [2.75, 3.05) is 0 Å². The van der Waals surface area contributed by atoms with Crippen LogP contribution >= 0.6 is 0 Å². The Balaban J connectivity index is 3.25. The molecule has 0 nitrogen and oxygen atoms in total. The summed E-state index contributed by atoms with van der Waals surface area (Å²) in [4.78, 5) is 0. The van der Waals surface area contributed by atoms with Crippen LogP contribution in [0.2, 0.25) is 182 Å². The summed E-state index contributed by atoms with van der Waals surface area (Å²) in [7, 11) is -22.4. The van der Waals surface area contributed by atoms with Crippen LogP contribution in [0.1, 0.15) is 61.1 Å². The molecule has 0 atom stereocenters. The van der Waals surface area contributed by atoms with E-state index < -0.39 is 80.7 Å². The molecule has 0 unspecified atom stereocenters. The lowest BCUT2D eigenvalue weighted by Gasteiger charge is -2.55. The third kappa shape index (κ3) is 10.3. The monoisotopic (exact) mass is 1110 g/mol. The molecule has 1 aliphatic carbocycles. The highest BCUT2D eigenvalue weighted by Crippen LogP contribution is 2.47. The van der Waals surface area contributed by atoms with E-state index in [0.29, 0.717) is 5.54 Å². The van der Waals surface area contributed by atoms with Gasteiger partial charge in [-0.1, -0.05) is 235 Å². The molecule has 3 aromatic rings. The molecule has 0 radical (unpaired) electrons. The van der Waals surface area contributed by atoms with Gasteiger partial charge >= 0.3 is 0 Å². The highest BCUT2D eigenvalue weighted by molar-refractivity contribution is 7.27. The largest absolute Gasteiger partial charge is 0.158 e. The van der Waals surface area contributed by atoms with Gasteiger partial charge in [-0.3, -0.25) is 0 Å². The molecule has 1 aliphatic rings. The molecule has 0 spiro atoms. The van der Waals surface area contributed by atoms with Crippen LogP contribution in [-0.4, -0.2) is 80.7 Å². The molecule has 0 saturated heterocycles. The Morgan fingerprint density at radius 1 is 0.186 bits per heavy atom.